The van der Waals surface area contributed by atoms with Gasteiger partial charge in [0, 0.05) is 23.9 Å². The Morgan fingerprint density at radius 2 is 2.29 bits per heavy atom. The van der Waals surface area contributed by atoms with E-state index in [1.165, 1.54) is 44.5 Å². The Hall–Kier alpha value is 0.270. The van der Waals surface area contributed by atoms with E-state index in [1.807, 2.05) is 0 Å². The first-order valence-corrected chi connectivity index (χ1v) is 6.92. The highest BCUT2D eigenvalue weighted by molar-refractivity contribution is 8.00. The van der Waals surface area contributed by atoms with Crippen LogP contribution >= 0.6 is 11.8 Å². The molecule has 3 unspecified atom stereocenters. The van der Waals surface area contributed by atoms with Crippen molar-refractivity contribution in [1.29, 1.82) is 0 Å². The summed E-state index contributed by atoms with van der Waals surface area (Å²) in [6, 6.07) is 1.16. The van der Waals surface area contributed by atoms with Gasteiger partial charge in [0.1, 0.15) is 0 Å². The van der Waals surface area contributed by atoms with Crippen LogP contribution in [0, 0.1) is 0 Å². The highest BCUT2D eigenvalue weighted by Gasteiger charge is 2.26. The van der Waals surface area contributed by atoms with Crippen LogP contribution in [0.1, 0.15) is 32.6 Å². The maximum atomic E-state index is 5.96. The molecule has 0 bridgehead atoms. The maximum absolute atomic E-state index is 5.96. The summed E-state index contributed by atoms with van der Waals surface area (Å²) in [5.74, 6) is 1.38. The van der Waals surface area contributed by atoms with Gasteiger partial charge in [-0.15, -0.1) is 0 Å². The molecule has 0 amide bonds. The predicted octanol–water partition coefficient (Wildman–Crippen LogP) is 1.69. The van der Waals surface area contributed by atoms with Crippen molar-refractivity contribution < 1.29 is 0 Å². The van der Waals surface area contributed by atoms with Crippen molar-refractivity contribution in [2.45, 2.75) is 49.9 Å². The summed E-state index contributed by atoms with van der Waals surface area (Å²) in [6.07, 6.45) is 5.25. The van der Waals surface area contributed by atoms with E-state index in [4.69, 9.17) is 5.73 Å². The molecule has 2 heterocycles. The number of nitrogens with zero attached hydrogens (tertiary/aromatic N) is 1. The SMILES string of the molecule is CC1CC(N)CCN1CC1CCCS1. The van der Waals surface area contributed by atoms with Gasteiger partial charge in [0.2, 0.25) is 0 Å². The summed E-state index contributed by atoms with van der Waals surface area (Å²) >= 11 is 2.17. The van der Waals surface area contributed by atoms with Gasteiger partial charge in [0.05, 0.1) is 0 Å². The predicted molar refractivity (Wildman–Crippen MR) is 63.7 cm³/mol. The quantitative estimate of drug-likeness (QED) is 0.758. The number of hydrogen-bond donors (Lipinski definition) is 1. The molecule has 0 aromatic rings. The van der Waals surface area contributed by atoms with Crippen LogP contribution < -0.4 is 5.73 Å². The normalized spacial score (nSPS) is 40.3. The van der Waals surface area contributed by atoms with Gasteiger partial charge in [-0.1, -0.05) is 0 Å². The molecule has 2 N–H and O–H groups in total. The van der Waals surface area contributed by atoms with Crippen molar-refractivity contribution in [2.24, 2.45) is 5.73 Å². The standard InChI is InChI=1S/C11H22N2S/c1-9-7-10(12)4-5-13(9)8-11-3-2-6-14-11/h9-11H,2-8,12H2,1H3. The van der Waals surface area contributed by atoms with Gasteiger partial charge >= 0.3 is 0 Å². The van der Waals surface area contributed by atoms with Crippen LogP contribution in [-0.2, 0) is 0 Å². The van der Waals surface area contributed by atoms with Gasteiger partial charge in [-0.05, 0) is 44.9 Å². The molecule has 3 heteroatoms. The van der Waals surface area contributed by atoms with E-state index in [9.17, 15) is 0 Å². The zero-order valence-corrected chi connectivity index (χ0v) is 9.93. The topological polar surface area (TPSA) is 29.3 Å². The molecule has 2 aliphatic heterocycles. The molecule has 14 heavy (non-hydrogen) atoms. The largest absolute Gasteiger partial charge is 0.328 e. The minimum absolute atomic E-state index is 0.456. The zero-order chi connectivity index (χ0) is 9.97. The van der Waals surface area contributed by atoms with Crippen LogP contribution in [0.2, 0.25) is 0 Å². The van der Waals surface area contributed by atoms with E-state index in [0.29, 0.717) is 12.1 Å². The summed E-state index contributed by atoms with van der Waals surface area (Å²) in [6.45, 7) is 4.86. The van der Waals surface area contributed by atoms with Crippen LogP contribution in [0.15, 0.2) is 0 Å². The fourth-order valence-electron chi connectivity index (χ4n) is 2.58. The fourth-order valence-corrected chi connectivity index (χ4v) is 3.88. The van der Waals surface area contributed by atoms with E-state index in [-0.39, 0.29) is 0 Å². The lowest BCUT2D eigenvalue weighted by Gasteiger charge is -2.37. The van der Waals surface area contributed by atoms with Gasteiger partial charge in [0.15, 0.2) is 0 Å². The van der Waals surface area contributed by atoms with Crippen molar-refractivity contribution in [2.75, 3.05) is 18.8 Å². The van der Waals surface area contributed by atoms with Gasteiger partial charge in [-0.3, -0.25) is 4.90 Å². The zero-order valence-electron chi connectivity index (χ0n) is 9.11. The Balaban J connectivity index is 1.79. The Bertz CT molecular complexity index is 180. The van der Waals surface area contributed by atoms with Crippen LogP contribution in [-0.4, -0.2) is 41.1 Å². The second kappa shape index (κ2) is 4.86. The average molecular weight is 214 g/mol. The third-order valence-corrected chi connectivity index (χ3v) is 4.90. The van der Waals surface area contributed by atoms with E-state index in [0.717, 1.165) is 5.25 Å². The lowest BCUT2D eigenvalue weighted by molar-refractivity contribution is 0.148. The summed E-state index contributed by atoms with van der Waals surface area (Å²) < 4.78 is 0. The van der Waals surface area contributed by atoms with Gasteiger partial charge in [0.25, 0.3) is 0 Å². The molecule has 0 spiro atoms. The fraction of sp³-hybridized carbons (Fsp3) is 1.00. The Kier molecular flexibility index (Phi) is 3.74. The van der Waals surface area contributed by atoms with E-state index in [2.05, 4.69) is 23.6 Å². The molecule has 0 saturated carbocycles. The second-order valence-corrected chi connectivity index (χ2v) is 6.17. The Morgan fingerprint density at radius 3 is 2.93 bits per heavy atom. The number of nitrogens with two attached hydrogens (primary N) is 1. The molecular formula is C11H22N2S. The molecule has 0 aliphatic carbocycles. The van der Waals surface area contributed by atoms with Crippen molar-refractivity contribution >= 4 is 11.8 Å². The van der Waals surface area contributed by atoms with Crippen molar-refractivity contribution in [3.05, 3.63) is 0 Å². The smallest absolute Gasteiger partial charge is 0.0175 e. The minimum Gasteiger partial charge on any atom is -0.328 e. The number of likely N-dealkylation sites (tertiary alicyclic amines) is 1. The second-order valence-electron chi connectivity index (χ2n) is 4.76. The van der Waals surface area contributed by atoms with Crippen LogP contribution in [0.3, 0.4) is 0 Å². The average Bonchev–Trinajstić information content (AvgIpc) is 2.62. The van der Waals surface area contributed by atoms with E-state index in [1.54, 1.807) is 0 Å². The Labute approximate surface area is 91.6 Å². The van der Waals surface area contributed by atoms with Gasteiger partial charge in [-0.25, -0.2) is 0 Å². The van der Waals surface area contributed by atoms with Gasteiger partial charge in [-0.2, -0.15) is 11.8 Å². The van der Waals surface area contributed by atoms with Crippen LogP contribution in [0.4, 0.5) is 0 Å². The van der Waals surface area contributed by atoms with Crippen molar-refractivity contribution in [3.63, 3.8) is 0 Å². The lowest BCUT2D eigenvalue weighted by Crippen LogP contribution is -2.47. The van der Waals surface area contributed by atoms with E-state index < -0.39 is 0 Å². The van der Waals surface area contributed by atoms with Crippen molar-refractivity contribution in [3.8, 4) is 0 Å². The van der Waals surface area contributed by atoms with Gasteiger partial charge < -0.3 is 5.73 Å². The highest BCUT2D eigenvalue weighted by Crippen LogP contribution is 2.28. The summed E-state index contributed by atoms with van der Waals surface area (Å²) in [5.41, 5.74) is 5.96. The van der Waals surface area contributed by atoms with Crippen LogP contribution in [0.25, 0.3) is 0 Å². The molecule has 82 valence electrons. The lowest BCUT2D eigenvalue weighted by atomic mass is 9.99. The first-order chi connectivity index (χ1) is 6.75. The molecule has 2 rings (SSSR count). The number of piperidine rings is 1. The monoisotopic (exact) mass is 214 g/mol. The molecule has 2 saturated heterocycles. The third kappa shape index (κ3) is 2.65. The van der Waals surface area contributed by atoms with Crippen LogP contribution in [0.5, 0.6) is 0 Å². The number of hydrogen-bond acceptors (Lipinski definition) is 3. The summed E-state index contributed by atoms with van der Waals surface area (Å²) in [5, 5.41) is 0.909. The third-order valence-electron chi connectivity index (χ3n) is 3.52. The summed E-state index contributed by atoms with van der Waals surface area (Å²) in [7, 11) is 0. The highest BCUT2D eigenvalue weighted by atomic mass is 32.2. The molecule has 0 aromatic carbocycles. The molecule has 2 nitrogen and oxygen atoms in total. The first kappa shape index (κ1) is 10.8. The molecule has 2 aliphatic rings. The maximum Gasteiger partial charge on any atom is 0.0175 e. The van der Waals surface area contributed by atoms with Crippen molar-refractivity contribution in [1.82, 2.24) is 4.90 Å². The molecule has 0 aromatic heterocycles. The number of rotatable bonds is 2. The summed E-state index contributed by atoms with van der Waals surface area (Å²) in [4.78, 5) is 2.65. The minimum atomic E-state index is 0.456. The first-order valence-electron chi connectivity index (χ1n) is 5.87. The molecular weight excluding hydrogens is 192 g/mol. The Morgan fingerprint density at radius 1 is 1.43 bits per heavy atom. The number of thioether (sulfide) groups is 1. The molecule has 2 fully saturated rings. The molecule has 3 atom stereocenters. The molecule has 0 radical (unpaired) electrons. The van der Waals surface area contributed by atoms with E-state index >= 15 is 0 Å².